The molecule has 3 nitrogen and oxygen atoms in total. The van der Waals surface area contributed by atoms with Crippen LogP contribution in [0.3, 0.4) is 0 Å². The van der Waals surface area contributed by atoms with E-state index in [1.54, 1.807) is 0 Å². The minimum Gasteiger partial charge on any atom is -0.456 e. The number of nitrogens with zero attached hydrogens (tertiary/aromatic N) is 2. The van der Waals surface area contributed by atoms with Gasteiger partial charge in [0.2, 0.25) is 0 Å². The number of furan rings is 1. The van der Waals surface area contributed by atoms with Gasteiger partial charge in [0.1, 0.15) is 19.2 Å². The lowest BCUT2D eigenvalue weighted by Gasteiger charge is -2.36. The highest BCUT2D eigenvalue weighted by Gasteiger charge is 2.37. The molecule has 0 aliphatic carbocycles. The lowest BCUT2D eigenvalue weighted by molar-refractivity contribution is 0.669. The van der Waals surface area contributed by atoms with Crippen LogP contribution < -0.4 is 25.4 Å². The van der Waals surface area contributed by atoms with E-state index >= 15 is 0 Å². The van der Waals surface area contributed by atoms with Crippen LogP contribution in [-0.4, -0.2) is 16.1 Å². The molecule has 5 heteroatoms. The molecule has 1 aromatic heterocycles. The standard InChI is InChI=1S/C51H44N2OSi2/c1-55(2,3)40-27-23-37(24-28-40)52(35-15-8-6-9-16-35)39-26-30-43-44-31-32-46(45-20-14-22-49(51(44)45)56(4,5)50(43)34-39)53(36-17-10-7-11-18-36)38-25-29-42-41-19-12-13-21-47(41)54-48(42)33-38/h6-34H,1-5H3. The van der Waals surface area contributed by atoms with E-state index in [0.717, 1.165) is 44.7 Å². The zero-order valence-electron chi connectivity index (χ0n) is 32.5. The van der Waals surface area contributed by atoms with Crippen molar-refractivity contribution >= 4 is 98.5 Å². The number of anilines is 6. The average Bonchev–Trinajstić information content (AvgIpc) is 3.59. The summed E-state index contributed by atoms with van der Waals surface area (Å²) in [7, 11) is -3.63. The van der Waals surface area contributed by atoms with Crippen LogP contribution in [0.25, 0.3) is 43.8 Å². The van der Waals surface area contributed by atoms with Crippen molar-refractivity contribution in [3.05, 3.63) is 176 Å². The van der Waals surface area contributed by atoms with Crippen molar-refractivity contribution < 1.29 is 4.42 Å². The third kappa shape index (κ3) is 5.53. The van der Waals surface area contributed by atoms with Gasteiger partial charge in [-0.2, -0.15) is 0 Å². The highest BCUT2D eigenvalue weighted by molar-refractivity contribution is 7.03. The fourth-order valence-electron chi connectivity index (χ4n) is 8.89. The molecule has 0 radical (unpaired) electrons. The van der Waals surface area contributed by atoms with Crippen LogP contribution in [0.4, 0.5) is 34.1 Å². The van der Waals surface area contributed by atoms with Crippen LogP contribution in [0.2, 0.25) is 32.7 Å². The number of hydrogen-bond donors (Lipinski definition) is 0. The number of benzene rings is 8. The second kappa shape index (κ2) is 13.0. The van der Waals surface area contributed by atoms with Crippen molar-refractivity contribution in [1.29, 1.82) is 0 Å². The summed E-state index contributed by atoms with van der Waals surface area (Å²) in [5, 5.41) is 9.32. The smallest absolute Gasteiger partial charge is 0.137 e. The van der Waals surface area contributed by atoms with Crippen LogP contribution in [0.5, 0.6) is 0 Å². The molecule has 0 spiro atoms. The third-order valence-corrected chi connectivity index (χ3v) is 17.4. The van der Waals surface area contributed by atoms with Gasteiger partial charge in [0.25, 0.3) is 0 Å². The molecule has 0 fully saturated rings. The first-order valence-electron chi connectivity index (χ1n) is 19.6. The van der Waals surface area contributed by atoms with Crippen LogP contribution in [0.15, 0.2) is 180 Å². The predicted molar refractivity (Wildman–Crippen MR) is 246 cm³/mol. The SMILES string of the molecule is C[Si](C)(C)c1ccc(N(c2ccccc2)c2ccc3c(c2)[Si](C)(C)c2cccc4c(N(c5ccccc5)c5ccc6c(c5)oc5ccccc56)ccc-3c24)cc1. The topological polar surface area (TPSA) is 19.6 Å². The second-order valence-corrected chi connectivity index (χ2v) is 26.0. The summed E-state index contributed by atoms with van der Waals surface area (Å²) in [6.45, 7) is 12.3. The van der Waals surface area contributed by atoms with Crippen LogP contribution >= 0.6 is 0 Å². The highest BCUT2D eigenvalue weighted by Crippen LogP contribution is 2.45. The molecule has 272 valence electrons. The fourth-order valence-corrected chi connectivity index (χ4v) is 13.2. The Hall–Kier alpha value is -6.15. The van der Waals surface area contributed by atoms with E-state index in [1.165, 1.54) is 48.8 Å². The zero-order valence-corrected chi connectivity index (χ0v) is 34.5. The van der Waals surface area contributed by atoms with Gasteiger partial charge in [-0.1, -0.05) is 135 Å². The average molecular weight is 757 g/mol. The molecule has 0 bridgehead atoms. The van der Waals surface area contributed by atoms with Crippen molar-refractivity contribution in [2.45, 2.75) is 32.7 Å². The normalized spacial score (nSPS) is 13.2. The minimum atomic E-state index is -2.20. The molecule has 9 aromatic rings. The molecule has 0 saturated carbocycles. The molecule has 2 heterocycles. The van der Waals surface area contributed by atoms with Crippen molar-refractivity contribution in [2.24, 2.45) is 0 Å². The lowest BCUT2D eigenvalue weighted by Crippen LogP contribution is -2.56. The largest absolute Gasteiger partial charge is 0.456 e. The van der Waals surface area contributed by atoms with Gasteiger partial charge in [-0.25, -0.2) is 0 Å². The summed E-state index contributed by atoms with van der Waals surface area (Å²) in [5.74, 6) is 0. The van der Waals surface area contributed by atoms with Gasteiger partial charge >= 0.3 is 0 Å². The Morgan fingerprint density at radius 2 is 1.00 bits per heavy atom. The van der Waals surface area contributed by atoms with Gasteiger partial charge in [-0.3, -0.25) is 0 Å². The first-order valence-corrected chi connectivity index (χ1v) is 26.1. The molecule has 10 rings (SSSR count). The Morgan fingerprint density at radius 1 is 0.429 bits per heavy atom. The number of fused-ring (bicyclic) bond motifs is 5. The predicted octanol–water partition coefficient (Wildman–Crippen LogP) is 13.0. The Morgan fingerprint density at radius 3 is 1.73 bits per heavy atom. The molecule has 1 aliphatic rings. The maximum atomic E-state index is 6.41. The van der Waals surface area contributed by atoms with Gasteiger partial charge in [0.05, 0.1) is 13.8 Å². The Balaban J connectivity index is 1.14. The first-order chi connectivity index (χ1) is 27.2. The molecule has 1 aliphatic heterocycles. The van der Waals surface area contributed by atoms with Gasteiger partial charge in [0.15, 0.2) is 0 Å². The fraction of sp³-hybridized carbons (Fsp3) is 0.0980. The molecule has 0 N–H and O–H groups in total. The molecule has 0 amide bonds. The molecule has 56 heavy (non-hydrogen) atoms. The number of rotatable bonds is 7. The van der Waals surface area contributed by atoms with E-state index in [-0.39, 0.29) is 0 Å². The van der Waals surface area contributed by atoms with Crippen molar-refractivity contribution in [3.63, 3.8) is 0 Å². The maximum absolute atomic E-state index is 6.41. The summed E-state index contributed by atoms with van der Waals surface area (Å²) in [5.41, 5.74) is 11.3. The van der Waals surface area contributed by atoms with Crippen molar-refractivity contribution in [2.75, 3.05) is 9.80 Å². The monoisotopic (exact) mass is 756 g/mol. The second-order valence-electron chi connectivity index (χ2n) is 16.6. The maximum Gasteiger partial charge on any atom is 0.137 e. The molecule has 0 unspecified atom stereocenters. The summed E-state index contributed by atoms with van der Waals surface area (Å²) >= 11 is 0. The van der Waals surface area contributed by atoms with Gasteiger partial charge in [0, 0.05) is 50.7 Å². The molecular formula is C51H44N2OSi2. The number of para-hydroxylation sites is 3. The summed E-state index contributed by atoms with van der Waals surface area (Å²) < 4.78 is 6.41. The van der Waals surface area contributed by atoms with Gasteiger partial charge < -0.3 is 14.2 Å². The van der Waals surface area contributed by atoms with Gasteiger partial charge in [-0.15, -0.1) is 0 Å². The Kier molecular flexibility index (Phi) is 7.96. The van der Waals surface area contributed by atoms with Crippen LogP contribution in [-0.2, 0) is 0 Å². The highest BCUT2D eigenvalue weighted by atomic mass is 28.3. The molecule has 0 atom stereocenters. The lowest BCUT2D eigenvalue weighted by atomic mass is 9.95. The van der Waals surface area contributed by atoms with Crippen LogP contribution in [0.1, 0.15) is 0 Å². The third-order valence-electron chi connectivity index (χ3n) is 11.8. The van der Waals surface area contributed by atoms with E-state index in [9.17, 15) is 0 Å². The first kappa shape index (κ1) is 34.4. The van der Waals surface area contributed by atoms with E-state index < -0.39 is 16.1 Å². The van der Waals surface area contributed by atoms with Gasteiger partial charge in [-0.05, 0) is 99.7 Å². The van der Waals surface area contributed by atoms with E-state index in [2.05, 4.69) is 206 Å². The molecular weight excluding hydrogens is 713 g/mol. The van der Waals surface area contributed by atoms with E-state index in [0.29, 0.717) is 0 Å². The summed E-state index contributed by atoms with van der Waals surface area (Å²) in [6, 6.07) is 64.7. The van der Waals surface area contributed by atoms with Crippen LogP contribution in [0, 0.1) is 0 Å². The molecule has 0 saturated heterocycles. The minimum absolute atomic E-state index is 0.891. The van der Waals surface area contributed by atoms with E-state index in [1.807, 2.05) is 12.1 Å². The number of hydrogen-bond acceptors (Lipinski definition) is 3. The Bertz CT molecular complexity index is 2930. The van der Waals surface area contributed by atoms with Crippen molar-refractivity contribution in [3.8, 4) is 11.1 Å². The molecule has 8 aromatic carbocycles. The summed E-state index contributed by atoms with van der Waals surface area (Å²) in [6.07, 6.45) is 0. The zero-order chi connectivity index (χ0) is 38.2. The quantitative estimate of drug-likeness (QED) is 0.151. The Labute approximate surface area is 331 Å². The summed E-state index contributed by atoms with van der Waals surface area (Å²) in [4.78, 5) is 4.82. The van der Waals surface area contributed by atoms with Crippen molar-refractivity contribution in [1.82, 2.24) is 0 Å². The van der Waals surface area contributed by atoms with E-state index in [4.69, 9.17) is 4.42 Å².